The highest BCUT2D eigenvalue weighted by atomic mass is 19.1. The number of hydrogen-bond acceptors (Lipinski definition) is 2. The molecule has 1 rings (SSSR count). The molecule has 0 aromatic heterocycles. The summed E-state index contributed by atoms with van der Waals surface area (Å²) in [5, 5.41) is 14.1. The molecule has 5 nitrogen and oxygen atoms in total. The number of urea groups is 1. The molecule has 0 spiro atoms. The van der Waals surface area contributed by atoms with E-state index in [0.717, 1.165) is 5.56 Å². The van der Waals surface area contributed by atoms with E-state index in [-0.39, 0.29) is 25.4 Å². The van der Waals surface area contributed by atoms with Gasteiger partial charge >= 0.3 is 12.0 Å². The van der Waals surface area contributed by atoms with Gasteiger partial charge in [0.1, 0.15) is 0 Å². The number of carboxylic acids is 1. The number of amides is 2. The summed E-state index contributed by atoms with van der Waals surface area (Å²) in [4.78, 5) is 22.5. The van der Waals surface area contributed by atoms with E-state index in [2.05, 4.69) is 10.6 Å². The molecule has 2 amide bonds. The molecule has 3 N–H and O–H groups in total. The minimum absolute atomic E-state index is 0.0146. The van der Waals surface area contributed by atoms with E-state index in [1.54, 1.807) is 0 Å². The Bertz CT molecular complexity index is 466. The normalized spacial score (nSPS) is 13.2. The maximum Gasteiger partial charge on any atom is 0.315 e. The minimum Gasteiger partial charge on any atom is -0.481 e. The van der Waals surface area contributed by atoms with Crippen molar-refractivity contribution in [3.63, 3.8) is 0 Å². The number of halogens is 1. The Kier molecular flexibility index (Phi) is 7.96. The quantitative estimate of drug-likeness (QED) is 0.656. The van der Waals surface area contributed by atoms with E-state index in [0.29, 0.717) is 12.8 Å². The van der Waals surface area contributed by atoms with Gasteiger partial charge in [0.15, 0.2) is 0 Å². The fraction of sp³-hybridized carbons (Fsp3) is 0.500. The molecule has 0 bridgehead atoms. The number of aliphatic carboxylic acids is 1. The van der Waals surface area contributed by atoms with Crippen LogP contribution in [0.25, 0.3) is 0 Å². The van der Waals surface area contributed by atoms with E-state index in [1.807, 2.05) is 30.3 Å². The molecule has 0 aliphatic carbocycles. The largest absolute Gasteiger partial charge is 0.481 e. The number of nitrogens with one attached hydrogen (secondary N) is 2. The standard InChI is InChI=1S/C16H23FN2O3/c1-12(17)9-10-18-16(22)19-14(7-8-15(20)21)11-13-5-3-2-4-6-13/h2-6,12,14H,7-11H2,1H3,(H,20,21)(H2,18,19,22). The summed E-state index contributed by atoms with van der Waals surface area (Å²) in [6.45, 7) is 1.69. The molecular formula is C16H23FN2O3. The maximum absolute atomic E-state index is 12.7. The third kappa shape index (κ3) is 8.24. The number of benzene rings is 1. The van der Waals surface area contributed by atoms with Crippen LogP contribution in [-0.4, -0.2) is 35.9 Å². The Hall–Kier alpha value is -2.11. The number of carbonyl (C=O) groups excluding carboxylic acids is 1. The average molecular weight is 310 g/mol. The molecule has 0 radical (unpaired) electrons. The van der Waals surface area contributed by atoms with Crippen LogP contribution >= 0.6 is 0 Å². The van der Waals surface area contributed by atoms with Gasteiger partial charge in [-0.3, -0.25) is 4.79 Å². The highest BCUT2D eigenvalue weighted by Crippen LogP contribution is 2.08. The van der Waals surface area contributed by atoms with Crippen LogP contribution in [0.15, 0.2) is 30.3 Å². The third-order valence-corrected chi connectivity index (χ3v) is 3.19. The van der Waals surface area contributed by atoms with Crippen LogP contribution in [-0.2, 0) is 11.2 Å². The van der Waals surface area contributed by atoms with Crippen LogP contribution in [0.2, 0.25) is 0 Å². The Morgan fingerprint density at radius 3 is 2.50 bits per heavy atom. The van der Waals surface area contributed by atoms with Gasteiger partial charge in [-0.1, -0.05) is 30.3 Å². The summed E-state index contributed by atoms with van der Waals surface area (Å²) in [6.07, 6.45) is 0.177. The lowest BCUT2D eigenvalue weighted by atomic mass is 10.0. The molecule has 0 fully saturated rings. The highest BCUT2D eigenvalue weighted by molar-refractivity contribution is 5.74. The average Bonchev–Trinajstić information content (AvgIpc) is 2.45. The molecule has 2 unspecified atom stereocenters. The van der Waals surface area contributed by atoms with Gasteiger partial charge < -0.3 is 15.7 Å². The first-order valence-corrected chi connectivity index (χ1v) is 7.41. The molecule has 1 aromatic carbocycles. The molecule has 2 atom stereocenters. The molecule has 0 heterocycles. The van der Waals surface area contributed by atoms with E-state index >= 15 is 0 Å². The minimum atomic E-state index is -0.965. The van der Waals surface area contributed by atoms with Crippen molar-refractivity contribution in [3.8, 4) is 0 Å². The SMILES string of the molecule is CC(F)CCNC(=O)NC(CCC(=O)O)Cc1ccccc1. The topological polar surface area (TPSA) is 78.4 Å². The van der Waals surface area contributed by atoms with Crippen LogP contribution < -0.4 is 10.6 Å². The van der Waals surface area contributed by atoms with Crippen molar-refractivity contribution in [2.24, 2.45) is 0 Å². The molecule has 6 heteroatoms. The summed E-state index contributed by atoms with van der Waals surface area (Å²) in [7, 11) is 0. The van der Waals surface area contributed by atoms with Gasteiger partial charge in [-0.2, -0.15) is 0 Å². The van der Waals surface area contributed by atoms with Gasteiger partial charge in [0, 0.05) is 19.0 Å². The summed E-state index contributed by atoms with van der Waals surface area (Å²) < 4.78 is 12.7. The van der Waals surface area contributed by atoms with Crippen LogP contribution in [0, 0.1) is 0 Å². The van der Waals surface area contributed by atoms with Crippen LogP contribution in [0.1, 0.15) is 31.7 Å². The second-order valence-electron chi connectivity index (χ2n) is 5.29. The van der Waals surface area contributed by atoms with Crippen molar-refractivity contribution < 1.29 is 19.1 Å². The second-order valence-corrected chi connectivity index (χ2v) is 5.29. The zero-order valence-electron chi connectivity index (χ0n) is 12.7. The van der Waals surface area contributed by atoms with Crippen LogP contribution in [0.5, 0.6) is 0 Å². The first-order valence-electron chi connectivity index (χ1n) is 7.41. The first kappa shape index (κ1) is 17.9. The molecule has 0 aliphatic rings. The monoisotopic (exact) mass is 310 g/mol. The van der Waals surface area contributed by atoms with Crippen molar-refractivity contribution in [2.75, 3.05) is 6.54 Å². The second kappa shape index (κ2) is 9.76. The van der Waals surface area contributed by atoms with Gasteiger partial charge in [0.05, 0.1) is 6.17 Å². The van der Waals surface area contributed by atoms with Crippen molar-refractivity contribution in [1.82, 2.24) is 10.6 Å². The highest BCUT2D eigenvalue weighted by Gasteiger charge is 2.14. The molecule has 0 saturated carbocycles. The molecule has 22 heavy (non-hydrogen) atoms. The van der Waals surface area contributed by atoms with Crippen molar-refractivity contribution >= 4 is 12.0 Å². The molecule has 0 saturated heterocycles. The van der Waals surface area contributed by atoms with Gasteiger partial charge in [-0.05, 0) is 31.7 Å². The lowest BCUT2D eigenvalue weighted by molar-refractivity contribution is -0.137. The van der Waals surface area contributed by atoms with Gasteiger partial charge in [-0.15, -0.1) is 0 Å². The molecular weight excluding hydrogens is 287 g/mol. The van der Waals surface area contributed by atoms with Crippen LogP contribution in [0.3, 0.4) is 0 Å². The summed E-state index contributed by atoms with van der Waals surface area (Å²) >= 11 is 0. The number of rotatable bonds is 9. The first-order chi connectivity index (χ1) is 10.5. The van der Waals surface area contributed by atoms with E-state index < -0.39 is 18.2 Å². The van der Waals surface area contributed by atoms with Crippen molar-refractivity contribution in [1.29, 1.82) is 0 Å². The molecule has 0 aliphatic heterocycles. The van der Waals surface area contributed by atoms with Gasteiger partial charge in [0.25, 0.3) is 0 Å². The number of alkyl halides is 1. The Morgan fingerprint density at radius 1 is 1.23 bits per heavy atom. The predicted octanol–water partition coefficient (Wildman–Crippen LogP) is 2.51. The zero-order valence-corrected chi connectivity index (χ0v) is 12.7. The Morgan fingerprint density at radius 2 is 1.91 bits per heavy atom. The van der Waals surface area contributed by atoms with Crippen LogP contribution in [0.4, 0.5) is 9.18 Å². The fourth-order valence-corrected chi connectivity index (χ4v) is 2.04. The molecule has 1 aromatic rings. The Balaban J connectivity index is 2.50. The fourth-order valence-electron chi connectivity index (χ4n) is 2.04. The molecule has 122 valence electrons. The maximum atomic E-state index is 12.7. The number of hydrogen-bond donors (Lipinski definition) is 3. The van der Waals surface area contributed by atoms with Crippen molar-refractivity contribution in [2.45, 2.75) is 44.8 Å². The van der Waals surface area contributed by atoms with E-state index in [9.17, 15) is 14.0 Å². The third-order valence-electron chi connectivity index (χ3n) is 3.19. The van der Waals surface area contributed by atoms with Gasteiger partial charge in [-0.25, -0.2) is 9.18 Å². The lowest BCUT2D eigenvalue weighted by Crippen LogP contribution is -2.43. The predicted molar refractivity (Wildman–Crippen MR) is 82.5 cm³/mol. The summed E-state index contributed by atoms with van der Waals surface area (Å²) in [5.74, 6) is -0.897. The van der Waals surface area contributed by atoms with E-state index in [4.69, 9.17) is 5.11 Å². The smallest absolute Gasteiger partial charge is 0.315 e. The Labute approximate surface area is 129 Å². The van der Waals surface area contributed by atoms with E-state index in [1.165, 1.54) is 6.92 Å². The zero-order chi connectivity index (χ0) is 16.4. The van der Waals surface area contributed by atoms with Crippen molar-refractivity contribution in [3.05, 3.63) is 35.9 Å². The lowest BCUT2D eigenvalue weighted by Gasteiger charge is -2.19. The number of carboxylic acid groups (broad SMARTS) is 1. The summed E-state index contributed by atoms with van der Waals surface area (Å²) in [6, 6.07) is 8.87. The summed E-state index contributed by atoms with van der Waals surface area (Å²) in [5.41, 5.74) is 1.02. The number of carbonyl (C=O) groups is 2. The van der Waals surface area contributed by atoms with Gasteiger partial charge in [0.2, 0.25) is 0 Å².